The van der Waals surface area contributed by atoms with Crippen molar-refractivity contribution in [3.8, 4) is 5.75 Å². The molecule has 5 heteroatoms. The normalized spacial score (nSPS) is 10.4. The van der Waals surface area contributed by atoms with Gasteiger partial charge in [-0.25, -0.2) is 0 Å². The molecule has 0 aliphatic heterocycles. The number of carbonyl (C=O) groups excluding carboxylic acids is 1. The minimum atomic E-state index is -0.111. The van der Waals surface area contributed by atoms with E-state index in [-0.39, 0.29) is 5.91 Å². The van der Waals surface area contributed by atoms with Crippen LogP contribution in [0.2, 0.25) is 0 Å². The van der Waals surface area contributed by atoms with Crippen LogP contribution in [0.25, 0.3) is 0 Å². The number of nitrogens with one attached hydrogen (secondary N) is 1. The van der Waals surface area contributed by atoms with E-state index in [1.807, 2.05) is 39.1 Å². The predicted molar refractivity (Wildman–Crippen MR) is 76.8 cm³/mol. The van der Waals surface area contributed by atoms with Gasteiger partial charge >= 0.3 is 0 Å². The van der Waals surface area contributed by atoms with E-state index in [0.717, 1.165) is 17.0 Å². The van der Waals surface area contributed by atoms with Crippen LogP contribution >= 0.6 is 0 Å². The summed E-state index contributed by atoms with van der Waals surface area (Å²) in [6.45, 7) is 4.26. The molecule has 0 saturated carbocycles. The molecule has 0 aliphatic carbocycles. The summed E-state index contributed by atoms with van der Waals surface area (Å²) < 4.78 is 7.00. The third-order valence-corrected chi connectivity index (χ3v) is 3.28. The summed E-state index contributed by atoms with van der Waals surface area (Å²) in [5.41, 5.74) is 3.38. The van der Waals surface area contributed by atoms with E-state index in [9.17, 15) is 4.79 Å². The van der Waals surface area contributed by atoms with E-state index in [1.165, 1.54) is 0 Å². The van der Waals surface area contributed by atoms with Crippen LogP contribution in [-0.4, -0.2) is 22.8 Å². The highest BCUT2D eigenvalue weighted by Gasteiger charge is 2.12. The van der Waals surface area contributed by atoms with Gasteiger partial charge < -0.3 is 10.1 Å². The van der Waals surface area contributed by atoms with Crippen molar-refractivity contribution in [2.75, 3.05) is 7.11 Å². The van der Waals surface area contributed by atoms with E-state index in [1.54, 1.807) is 17.9 Å². The van der Waals surface area contributed by atoms with Gasteiger partial charge in [-0.05, 0) is 32.0 Å². The Morgan fingerprint density at radius 1 is 1.40 bits per heavy atom. The van der Waals surface area contributed by atoms with Gasteiger partial charge in [-0.1, -0.05) is 6.07 Å². The molecule has 0 saturated heterocycles. The van der Waals surface area contributed by atoms with Gasteiger partial charge in [-0.15, -0.1) is 0 Å². The second-order valence-electron chi connectivity index (χ2n) is 4.72. The number of hydrogen-bond donors (Lipinski definition) is 1. The average molecular weight is 273 g/mol. The fourth-order valence-corrected chi connectivity index (χ4v) is 2.18. The van der Waals surface area contributed by atoms with E-state index in [2.05, 4.69) is 10.4 Å². The standard InChI is InChI=1S/C15H19N3O2/c1-10-8-12(18(3)17-10)9-16-15(19)13-6-5-7-14(20-4)11(13)2/h5-8H,9H2,1-4H3,(H,16,19). The highest BCUT2D eigenvalue weighted by molar-refractivity contribution is 5.96. The molecule has 5 nitrogen and oxygen atoms in total. The number of hydrogen-bond acceptors (Lipinski definition) is 3. The molecule has 0 radical (unpaired) electrons. The monoisotopic (exact) mass is 273 g/mol. The number of aryl methyl sites for hydroxylation is 2. The van der Waals surface area contributed by atoms with E-state index in [0.29, 0.717) is 17.9 Å². The summed E-state index contributed by atoms with van der Waals surface area (Å²) in [6.07, 6.45) is 0. The minimum absolute atomic E-state index is 0.111. The summed E-state index contributed by atoms with van der Waals surface area (Å²) in [4.78, 5) is 12.2. The SMILES string of the molecule is COc1cccc(C(=O)NCc2cc(C)nn2C)c1C. The van der Waals surface area contributed by atoms with Crippen molar-refractivity contribution in [3.63, 3.8) is 0 Å². The van der Waals surface area contributed by atoms with Gasteiger partial charge in [0.2, 0.25) is 0 Å². The molecule has 2 aromatic rings. The number of aromatic nitrogens is 2. The summed E-state index contributed by atoms with van der Waals surface area (Å²) in [5.74, 6) is 0.606. The Balaban J connectivity index is 2.11. The van der Waals surface area contributed by atoms with E-state index >= 15 is 0 Å². The Labute approximate surface area is 118 Å². The molecule has 0 unspecified atom stereocenters. The molecular formula is C15H19N3O2. The summed E-state index contributed by atoms with van der Waals surface area (Å²) in [5, 5.41) is 7.16. The quantitative estimate of drug-likeness (QED) is 0.926. The number of methoxy groups -OCH3 is 1. The van der Waals surface area contributed by atoms with Crippen LogP contribution in [0.15, 0.2) is 24.3 Å². The highest BCUT2D eigenvalue weighted by atomic mass is 16.5. The molecule has 2 rings (SSSR count). The maximum atomic E-state index is 12.2. The lowest BCUT2D eigenvalue weighted by Crippen LogP contribution is -2.24. The lowest BCUT2D eigenvalue weighted by molar-refractivity contribution is 0.0949. The summed E-state index contributed by atoms with van der Waals surface area (Å²) in [7, 11) is 3.47. The lowest BCUT2D eigenvalue weighted by atomic mass is 10.1. The molecule has 0 atom stereocenters. The highest BCUT2D eigenvalue weighted by Crippen LogP contribution is 2.20. The second-order valence-corrected chi connectivity index (χ2v) is 4.72. The van der Waals surface area contributed by atoms with Crippen LogP contribution in [-0.2, 0) is 13.6 Å². The Morgan fingerprint density at radius 2 is 2.15 bits per heavy atom. The molecule has 1 amide bonds. The molecule has 20 heavy (non-hydrogen) atoms. The van der Waals surface area contributed by atoms with Crippen LogP contribution in [0.3, 0.4) is 0 Å². The smallest absolute Gasteiger partial charge is 0.252 e. The molecule has 0 bridgehead atoms. The largest absolute Gasteiger partial charge is 0.496 e. The fourth-order valence-electron chi connectivity index (χ4n) is 2.18. The number of carbonyl (C=O) groups is 1. The molecule has 0 spiro atoms. The Bertz CT molecular complexity index is 632. The van der Waals surface area contributed by atoms with Crippen LogP contribution < -0.4 is 10.1 Å². The second kappa shape index (κ2) is 5.77. The van der Waals surface area contributed by atoms with Gasteiger partial charge in [0.1, 0.15) is 5.75 Å². The first-order valence-electron chi connectivity index (χ1n) is 6.44. The zero-order valence-corrected chi connectivity index (χ0v) is 12.2. The van der Waals surface area contributed by atoms with Gasteiger partial charge in [0.05, 0.1) is 25.0 Å². The molecule has 1 aromatic carbocycles. The first-order chi connectivity index (χ1) is 9.52. The lowest BCUT2D eigenvalue weighted by Gasteiger charge is -2.10. The third kappa shape index (κ3) is 2.82. The minimum Gasteiger partial charge on any atom is -0.496 e. The van der Waals surface area contributed by atoms with Crippen molar-refractivity contribution in [1.82, 2.24) is 15.1 Å². The Morgan fingerprint density at radius 3 is 2.75 bits per heavy atom. The Kier molecular flexibility index (Phi) is 4.08. The van der Waals surface area contributed by atoms with Crippen LogP contribution in [0, 0.1) is 13.8 Å². The van der Waals surface area contributed by atoms with Crippen LogP contribution in [0.5, 0.6) is 5.75 Å². The molecule has 0 aliphatic rings. The number of amides is 1. The summed E-state index contributed by atoms with van der Waals surface area (Å²) in [6, 6.07) is 7.41. The van der Waals surface area contributed by atoms with Crippen molar-refractivity contribution in [1.29, 1.82) is 0 Å². The van der Waals surface area contributed by atoms with Crippen LogP contribution in [0.1, 0.15) is 27.3 Å². The molecular weight excluding hydrogens is 254 g/mol. The van der Waals surface area contributed by atoms with Crippen molar-refractivity contribution in [2.24, 2.45) is 7.05 Å². The van der Waals surface area contributed by atoms with E-state index < -0.39 is 0 Å². The Hall–Kier alpha value is -2.30. The number of ether oxygens (including phenoxy) is 1. The maximum absolute atomic E-state index is 12.2. The third-order valence-electron chi connectivity index (χ3n) is 3.28. The van der Waals surface area contributed by atoms with Gasteiger partial charge in [0, 0.05) is 18.2 Å². The van der Waals surface area contributed by atoms with Crippen molar-refractivity contribution in [2.45, 2.75) is 20.4 Å². The van der Waals surface area contributed by atoms with Crippen LogP contribution in [0.4, 0.5) is 0 Å². The van der Waals surface area contributed by atoms with Crippen molar-refractivity contribution in [3.05, 3.63) is 46.8 Å². The topological polar surface area (TPSA) is 56.1 Å². The molecule has 0 fully saturated rings. The number of nitrogens with zero attached hydrogens (tertiary/aromatic N) is 2. The summed E-state index contributed by atoms with van der Waals surface area (Å²) >= 11 is 0. The molecule has 106 valence electrons. The van der Waals surface area contributed by atoms with Gasteiger partial charge in [-0.2, -0.15) is 5.10 Å². The first kappa shape index (κ1) is 14.1. The average Bonchev–Trinajstić information content (AvgIpc) is 2.74. The maximum Gasteiger partial charge on any atom is 0.252 e. The first-order valence-corrected chi connectivity index (χ1v) is 6.44. The molecule has 1 aromatic heterocycles. The van der Waals surface area contributed by atoms with Gasteiger partial charge in [-0.3, -0.25) is 9.48 Å². The number of benzene rings is 1. The predicted octanol–water partition coefficient (Wildman–Crippen LogP) is 1.98. The zero-order chi connectivity index (χ0) is 14.7. The number of rotatable bonds is 4. The van der Waals surface area contributed by atoms with Gasteiger partial charge in [0.15, 0.2) is 0 Å². The van der Waals surface area contributed by atoms with Gasteiger partial charge in [0.25, 0.3) is 5.91 Å². The fraction of sp³-hybridized carbons (Fsp3) is 0.333. The molecule has 1 heterocycles. The van der Waals surface area contributed by atoms with E-state index in [4.69, 9.17) is 4.74 Å². The van der Waals surface area contributed by atoms with Crippen molar-refractivity contribution >= 4 is 5.91 Å². The zero-order valence-electron chi connectivity index (χ0n) is 12.2. The molecule has 1 N–H and O–H groups in total. The van der Waals surface area contributed by atoms with Crippen molar-refractivity contribution < 1.29 is 9.53 Å².